The smallest absolute Gasteiger partial charge is 0.0780 e. The molecule has 1 rings (SSSR count). The van der Waals surface area contributed by atoms with Crippen LogP contribution < -0.4 is 5.73 Å². The predicted octanol–water partition coefficient (Wildman–Crippen LogP) is 1.90. The van der Waals surface area contributed by atoms with Crippen LogP contribution >= 0.6 is 0 Å². The molecule has 0 amide bonds. The molecule has 1 aromatic rings. The summed E-state index contributed by atoms with van der Waals surface area (Å²) in [6.07, 6.45) is 0.793. The summed E-state index contributed by atoms with van der Waals surface area (Å²) in [4.78, 5) is 0. The number of aromatic nitrogens is 2. The van der Waals surface area contributed by atoms with E-state index in [-0.39, 0.29) is 11.6 Å². The van der Waals surface area contributed by atoms with Gasteiger partial charge in [0.1, 0.15) is 0 Å². The molecule has 1 unspecified atom stereocenters. The minimum absolute atomic E-state index is 0.0242. The van der Waals surface area contributed by atoms with E-state index in [2.05, 4.69) is 18.1 Å². The van der Waals surface area contributed by atoms with E-state index in [0.717, 1.165) is 18.7 Å². The van der Waals surface area contributed by atoms with E-state index in [1.54, 1.807) is 0 Å². The quantitative estimate of drug-likeness (QED) is 0.825. The van der Waals surface area contributed by atoms with Gasteiger partial charge in [-0.2, -0.15) is 5.10 Å². The van der Waals surface area contributed by atoms with Crippen molar-refractivity contribution >= 4 is 0 Å². The molecular weight excluding hydrogens is 214 g/mol. The van der Waals surface area contributed by atoms with Gasteiger partial charge in [0.05, 0.1) is 11.3 Å². The predicted molar refractivity (Wildman–Crippen MR) is 70.0 cm³/mol. The Kier molecular flexibility index (Phi) is 4.71. The Morgan fingerprint density at radius 1 is 1.47 bits per heavy atom. The van der Waals surface area contributed by atoms with E-state index >= 15 is 0 Å². The highest BCUT2D eigenvalue weighted by Crippen LogP contribution is 2.17. The van der Waals surface area contributed by atoms with E-state index in [0.29, 0.717) is 6.61 Å². The fraction of sp³-hybridized carbons (Fsp3) is 0.769. The zero-order chi connectivity index (χ0) is 13.1. The van der Waals surface area contributed by atoms with Crippen LogP contribution in [0.1, 0.15) is 39.1 Å². The Morgan fingerprint density at radius 3 is 2.65 bits per heavy atom. The second kappa shape index (κ2) is 5.65. The lowest BCUT2D eigenvalue weighted by molar-refractivity contribution is -0.0291. The molecule has 0 bridgehead atoms. The van der Waals surface area contributed by atoms with Crippen LogP contribution in [-0.4, -0.2) is 28.0 Å². The normalized spacial score (nSPS) is 14.0. The fourth-order valence-electron chi connectivity index (χ4n) is 1.99. The van der Waals surface area contributed by atoms with E-state index in [1.807, 2.05) is 32.4 Å². The molecule has 0 fully saturated rings. The zero-order valence-electron chi connectivity index (χ0n) is 11.7. The van der Waals surface area contributed by atoms with Gasteiger partial charge >= 0.3 is 0 Å². The molecule has 0 aliphatic heterocycles. The van der Waals surface area contributed by atoms with Crippen molar-refractivity contribution in [1.82, 2.24) is 9.78 Å². The molecule has 1 heterocycles. The minimum atomic E-state index is -0.300. The van der Waals surface area contributed by atoms with Crippen molar-refractivity contribution in [3.8, 4) is 0 Å². The van der Waals surface area contributed by atoms with Crippen molar-refractivity contribution < 1.29 is 4.74 Å². The summed E-state index contributed by atoms with van der Waals surface area (Å²) in [6, 6.07) is 2.08. The maximum absolute atomic E-state index is 6.24. The Hall–Kier alpha value is -0.870. The standard InChI is InChI=1S/C13H25N3O/c1-6-16-11(8-10(3)15-16)9-12(14)13(4,5)17-7-2/h8,12H,6-7,9,14H2,1-5H3. The van der Waals surface area contributed by atoms with Crippen molar-refractivity contribution in [2.45, 2.75) is 59.2 Å². The number of aryl methyl sites for hydroxylation is 2. The van der Waals surface area contributed by atoms with Crippen LogP contribution in [0.5, 0.6) is 0 Å². The zero-order valence-corrected chi connectivity index (χ0v) is 11.7. The summed E-state index contributed by atoms with van der Waals surface area (Å²) in [5.74, 6) is 0. The van der Waals surface area contributed by atoms with E-state index < -0.39 is 0 Å². The molecule has 0 aliphatic rings. The first-order valence-electron chi connectivity index (χ1n) is 6.33. The summed E-state index contributed by atoms with van der Waals surface area (Å²) in [6.45, 7) is 11.7. The number of ether oxygens (including phenoxy) is 1. The molecule has 0 saturated carbocycles. The third kappa shape index (κ3) is 3.54. The molecule has 98 valence electrons. The molecular formula is C13H25N3O. The number of nitrogens with zero attached hydrogens (tertiary/aromatic N) is 2. The largest absolute Gasteiger partial charge is 0.374 e. The molecule has 2 N–H and O–H groups in total. The molecule has 17 heavy (non-hydrogen) atoms. The van der Waals surface area contributed by atoms with Gasteiger partial charge in [-0.3, -0.25) is 4.68 Å². The van der Waals surface area contributed by atoms with Gasteiger partial charge in [0.2, 0.25) is 0 Å². The van der Waals surface area contributed by atoms with Crippen molar-refractivity contribution in [3.05, 3.63) is 17.5 Å². The van der Waals surface area contributed by atoms with Crippen molar-refractivity contribution in [1.29, 1.82) is 0 Å². The summed E-state index contributed by atoms with van der Waals surface area (Å²) in [7, 11) is 0. The van der Waals surface area contributed by atoms with Crippen molar-refractivity contribution in [2.75, 3.05) is 6.61 Å². The topological polar surface area (TPSA) is 53.1 Å². The fourth-order valence-corrected chi connectivity index (χ4v) is 1.99. The Bertz CT molecular complexity index is 358. The molecule has 0 aliphatic carbocycles. The third-order valence-electron chi connectivity index (χ3n) is 3.12. The molecule has 0 saturated heterocycles. The molecule has 0 aromatic carbocycles. The SMILES string of the molecule is CCOC(C)(C)C(N)Cc1cc(C)nn1CC. The third-order valence-corrected chi connectivity index (χ3v) is 3.12. The van der Waals surface area contributed by atoms with Gasteiger partial charge in [-0.05, 0) is 40.7 Å². The second-order valence-electron chi connectivity index (χ2n) is 4.94. The summed E-state index contributed by atoms with van der Waals surface area (Å²) >= 11 is 0. The van der Waals surface area contributed by atoms with Crippen LogP contribution in [0.15, 0.2) is 6.07 Å². The van der Waals surface area contributed by atoms with E-state index in [4.69, 9.17) is 10.5 Å². The van der Waals surface area contributed by atoms with Crippen LogP contribution in [0, 0.1) is 6.92 Å². The lowest BCUT2D eigenvalue weighted by atomic mass is 9.95. The average molecular weight is 239 g/mol. The van der Waals surface area contributed by atoms with Crippen LogP contribution in [0.25, 0.3) is 0 Å². The monoisotopic (exact) mass is 239 g/mol. The van der Waals surface area contributed by atoms with E-state index in [1.165, 1.54) is 5.69 Å². The van der Waals surface area contributed by atoms with E-state index in [9.17, 15) is 0 Å². The van der Waals surface area contributed by atoms with Gasteiger partial charge in [-0.15, -0.1) is 0 Å². The van der Waals surface area contributed by atoms with Gasteiger partial charge in [-0.25, -0.2) is 0 Å². The van der Waals surface area contributed by atoms with Gasteiger partial charge in [-0.1, -0.05) is 0 Å². The van der Waals surface area contributed by atoms with Gasteiger partial charge in [0.15, 0.2) is 0 Å². The average Bonchev–Trinajstić information content (AvgIpc) is 2.58. The molecule has 4 nitrogen and oxygen atoms in total. The molecule has 0 spiro atoms. The first-order chi connectivity index (χ1) is 7.90. The van der Waals surface area contributed by atoms with Crippen LogP contribution in [0.2, 0.25) is 0 Å². The first-order valence-corrected chi connectivity index (χ1v) is 6.33. The minimum Gasteiger partial charge on any atom is -0.374 e. The lowest BCUT2D eigenvalue weighted by Gasteiger charge is -2.31. The summed E-state index contributed by atoms with van der Waals surface area (Å²) in [5.41, 5.74) is 8.17. The van der Waals surface area contributed by atoms with Crippen LogP contribution in [0.4, 0.5) is 0 Å². The van der Waals surface area contributed by atoms with Crippen LogP contribution in [0.3, 0.4) is 0 Å². The number of rotatable bonds is 6. The highest BCUT2D eigenvalue weighted by molar-refractivity contribution is 5.11. The van der Waals surface area contributed by atoms with Crippen molar-refractivity contribution in [3.63, 3.8) is 0 Å². The van der Waals surface area contributed by atoms with Gasteiger partial charge in [0.25, 0.3) is 0 Å². The number of hydrogen-bond acceptors (Lipinski definition) is 3. The molecule has 1 atom stereocenters. The molecule has 4 heteroatoms. The van der Waals surface area contributed by atoms with Crippen molar-refractivity contribution in [2.24, 2.45) is 5.73 Å². The highest BCUT2D eigenvalue weighted by atomic mass is 16.5. The Balaban J connectivity index is 2.76. The van der Waals surface area contributed by atoms with Gasteiger partial charge in [0, 0.05) is 31.3 Å². The van der Waals surface area contributed by atoms with Gasteiger partial charge < -0.3 is 10.5 Å². The number of hydrogen-bond donors (Lipinski definition) is 1. The summed E-state index contributed by atoms with van der Waals surface area (Å²) in [5, 5.41) is 4.43. The second-order valence-corrected chi connectivity index (χ2v) is 4.94. The highest BCUT2D eigenvalue weighted by Gasteiger charge is 2.27. The first kappa shape index (κ1) is 14.2. The lowest BCUT2D eigenvalue weighted by Crippen LogP contribution is -2.47. The number of nitrogens with two attached hydrogens (primary N) is 1. The van der Waals surface area contributed by atoms with Crippen LogP contribution in [-0.2, 0) is 17.7 Å². The maximum atomic E-state index is 6.24. The Labute approximate surface area is 104 Å². The molecule has 0 radical (unpaired) electrons. The Morgan fingerprint density at radius 2 is 2.12 bits per heavy atom. The summed E-state index contributed by atoms with van der Waals surface area (Å²) < 4.78 is 7.70. The molecule has 1 aromatic heterocycles. The maximum Gasteiger partial charge on any atom is 0.0780 e.